The van der Waals surface area contributed by atoms with Gasteiger partial charge in [0.2, 0.25) is 0 Å². The molecule has 1 rings (SSSR count). The number of rotatable bonds is 7. The van der Waals surface area contributed by atoms with Crippen LogP contribution in [0.15, 0.2) is 24.5 Å². The van der Waals surface area contributed by atoms with Crippen LogP contribution in [0.3, 0.4) is 0 Å². The highest BCUT2D eigenvalue weighted by atomic mass is 16.3. The fourth-order valence-electron chi connectivity index (χ4n) is 2.96. The number of likely N-dealkylation sites (N-methyl/N-ethyl adjacent to an activating group) is 1. The summed E-state index contributed by atoms with van der Waals surface area (Å²) in [6, 6.07) is 3.85. The minimum absolute atomic E-state index is 0.188. The quantitative estimate of drug-likeness (QED) is 0.808. The molecule has 102 valence electrons. The van der Waals surface area contributed by atoms with Crippen LogP contribution in [0.25, 0.3) is 0 Å². The molecule has 1 N–H and O–H groups in total. The molecular formula is C15H26N2O. The van der Waals surface area contributed by atoms with Crippen molar-refractivity contribution in [1.82, 2.24) is 9.88 Å². The Hall–Kier alpha value is -0.930. The van der Waals surface area contributed by atoms with Crippen molar-refractivity contribution in [3.63, 3.8) is 0 Å². The first kappa shape index (κ1) is 15.1. The Morgan fingerprint density at radius 2 is 1.83 bits per heavy atom. The van der Waals surface area contributed by atoms with Gasteiger partial charge >= 0.3 is 0 Å². The highest BCUT2D eigenvalue weighted by Gasteiger charge is 2.39. The molecule has 0 bridgehead atoms. The average molecular weight is 250 g/mol. The molecule has 3 nitrogen and oxygen atoms in total. The van der Waals surface area contributed by atoms with Crippen molar-refractivity contribution >= 4 is 0 Å². The van der Waals surface area contributed by atoms with Crippen molar-refractivity contribution < 1.29 is 5.11 Å². The van der Waals surface area contributed by atoms with E-state index in [1.165, 1.54) is 0 Å². The Morgan fingerprint density at radius 1 is 1.22 bits per heavy atom. The molecule has 0 aliphatic heterocycles. The fraction of sp³-hybridized carbons (Fsp3) is 0.667. The zero-order valence-corrected chi connectivity index (χ0v) is 12.1. The van der Waals surface area contributed by atoms with E-state index in [1.807, 2.05) is 12.1 Å². The lowest BCUT2D eigenvalue weighted by atomic mass is 9.81. The van der Waals surface area contributed by atoms with E-state index in [0.29, 0.717) is 0 Å². The van der Waals surface area contributed by atoms with E-state index in [9.17, 15) is 5.11 Å². The van der Waals surface area contributed by atoms with Crippen molar-refractivity contribution in [3.05, 3.63) is 30.1 Å². The Bertz CT molecular complexity index is 332. The van der Waals surface area contributed by atoms with E-state index in [0.717, 1.165) is 31.5 Å². The number of hydrogen-bond acceptors (Lipinski definition) is 3. The van der Waals surface area contributed by atoms with Crippen LogP contribution in [0.2, 0.25) is 0 Å². The average Bonchev–Trinajstić information content (AvgIpc) is 2.45. The van der Waals surface area contributed by atoms with Gasteiger partial charge in [0.05, 0.1) is 11.6 Å². The molecule has 1 heterocycles. The van der Waals surface area contributed by atoms with Crippen LogP contribution in [0, 0.1) is 0 Å². The smallest absolute Gasteiger partial charge is 0.0988 e. The number of aromatic nitrogens is 1. The Morgan fingerprint density at radius 3 is 2.22 bits per heavy atom. The van der Waals surface area contributed by atoms with Gasteiger partial charge in [0.1, 0.15) is 0 Å². The normalized spacial score (nSPS) is 13.9. The van der Waals surface area contributed by atoms with Crippen molar-refractivity contribution in [1.29, 1.82) is 0 Å². The zero-order valence-electron chi connectivity index (χ0n) is 12.1. The Labute approximate surface area is 111 Å². The molecule has 18 heavy (non-hydrogen) atoms. The summed E-state index contributed by atoms with van der Waals surface area (Å²) in [5.74, 6) is 0. The van der Waals surface area contributed by atoms with Gasteiger partial charge in [0, 0.05) is 18.0 Å². The minimum Gasteiger partial charge on any atom is -0.386 e. The van der Waals surface area contributed by atoms with Crippen LogP contribution in [-0.2, 0) is 0 Å². The highest BCUT2D eigenvalue weighted by molar-refractivity contribution is 5.17. The molecule has 1 unspecified atom stereocenters. The Kier molecular flexibility index (Phi) is 5.76. The van der Waals surface area contributed by atoms with Crippen molar-refractivity contribution in [3.8, 4) is 0 Å². The van der Waals surface area contributed by atoms with Gasteiger partial charge in [-0.1, -0.05) is 33.8 Å². The predicted octanol–water partition coefficient (Wildman–Crippen LogP) is 3.02. The molecule has 0 saturated carbocycles. The van der Waals surface area contributed by atoms with Crippen LogP contribution in [0.1, 0.15) is 52.2 Å². The van der Waals surface area contributed by atoms with E-state index in [-0.39, 0.29) is 5.54 Å². The van der Waals surface area contributed by atoms with Crippen molar-refractivity contribution in [2.75, 3.05) is 13.1 Å². The van der Waals surface area contributed by atoms with Crippen LogP contribution < -0.4 is 0 Å². The lowest BCUT2D eigenvalue weighted by molar-refractivity contribution is -0.0367. The summed E-state index contributed by atoms with van der Waals surface area (Å²) < 4.78 is 0. The van der Waals surface area contributed by atoms with E-state index >= 15 is 0 Å². The molecule has 1 atom stereocenters. The van der Waals surface area contributed by atoms with Crippen LogP contribution >= 0.6 is 0 Å². The van der Waals surface area contributed by atoms with Crippen LogP contribution in [-0.4, -0.2) is 33.6 Å². The standard InChI is InChI=1S/C15H26N2O/c1-5-15(6-2,17(7-3)8-4)14(18)13-10-9-11-16-12-13/h9-12,14,18H,5-8H2,1-4H3. The summed E-state index contributed by atoms with van der Waals surface area (Å²) in [5.41, 5.74) is 0.722. The first-order valence-electron chi connectivity index (χ1n) is 6.99. The number of hydrogen-bond donors (Lipinski definition) is 1. The zero-order chi connectivity index (χ0) is 13.6. The maximum atomic E-state index is 10.8. The first-order valence-corrected chi connectivity index (χ1v) is 6.99. The Balaban J connectivity index is 3.11. The SMILES string of the molecule is CCN(CC)C(CC)(CC)C(O)c1cccnc1. The predicted molar refractivity (Wildman–Crippen MR) is 75.4 cm³/mol. The molecule has 3 heteroatoms. The number of aliphatic hydroxyl groups excluding tert-OH is 1. The van der Waals surface area contributed by atoms with Crippen molar-refractivity contribution in [2.24, 2.45) is 0 Å². The maximum Gasteiger partial charge on any atom is 0.0988 e. The van der Waals surface area contributed by atoms with Gasteiger partial charge in [-0.15, -0.1) is 0 Å². The molecule has 0 aliphatic rings. The molecule has 0 aliphatic carbocycles. The highest BCUT2D eigenvalue weighted by Crippen LogP contribution is 2.36. The fourth-order valence-corrected chi connectivity index (χ4v) is 2.96. The second kappa shape index (κ2) is 6.86. The van der Waals surface area contributed by atoms with Gasteiger partial charge in [-0.3, -0.25) is 9.88 Å². The molecule has 0 spiro atoms. The maximum absolute atomic E-state index is 10.8. The van der Waals surface area contributed by atoms with Gasteiger partial charge in [-0.05, 0) is 32.0 Å². The lowest BCUT2D eigenvalue weighted by Crippen LogP contribution is -2.52. The van der Waals surface area contributed by atoms with Gasteiger partial charge < -0.3 is 5.11 Å². The third kappa shape index (κ3) is 2.73. The summed E-state index contributed by atoms with van der Waals surface area (Å²) in [6.45, 7) is 10.5. The molecule has 0 radical (unpaired) electrons. The summed E-state index contributed by atoms with van der Waals surface area (Å²) >= 11 is 0. The number of aliphatic hydroxyl groups is 1. The van der Waals surface area contributed by atoms with Gasteiger partial charge in [0.15, 0.2) is 0 Å². The van der Waals surface area contributed by atoms with E-state index in [2.05, 4.69) is 37.6 Å². The molecule has 0 amide bonds. The summed E-state index contributed by atoms with van der Waals surface area (Å²) in [7, 11) is 0. The first-order chi connectivity index (χ1) is 8.66. The van der Waals surface area contributed by atoms with E-state index in [4.69, 9.17) is 0 Å². The lowest BCUT2D eigenvalue weighted by Gasteiger charge is -2.45. The number of nitrogens with zero attached hydrogens (tertiary/aromatic N) is 2. The molecule has 1 aromatic rings. The molecule has 1 aromatic heterocycles. The summed E-state index contributed by atoms with van der Waals surface area (Å²) in [6.07, 6.45) is 4.89. The van der Waals surface area contributed by atoms with Crippen LogP contribution in [0.5, 0.6) is 0 Å². The van der Waals surface area contributed by atoms with Gasteiger partial charge in [-0.2, -0.15) is 0 Å². The molecule has 0 fully saturated rings. The van der Waals surface area contributed by atoms with Gasteiger partial charge in [-0.25, -0.2) is 0 Å². The van der Waals surface area contributed by atoms with E-state index < -0.39 is 6.10 Å². The second-order valence-electron chi connectivity index (χ2n) is 4.67. The van der Waals surface area contributed by atoms with Crippen molar-refractivity contribution in [2.45, 2.75) is 52.2 Å². The minimum atomic E-state index is -0.485. The largest absolute Gasteiger partial charge is 0.386 e. The summed E-state index contributed by atoms with van der Waals surface area (Å²) in [5, 5.41) is 10.8. The monoisotopic (exact) mass is 250 g/mol. The third-order valence-electron chi connectivity index (χ3n) is 4.13. The third-order valence-corrected chi connectivity index (χ3v) is 4.13. The second-order valence-corrected chi connectivity index (χ2v) is 4.67. The molecule has 0 saturated heterocycles. The molecule has 0 aromatic carbocycles. The van der Waals surface area contributed by atoms with Gasteiger partial charge in [0.25, 0.3) is 0 Å². The topological polar surface area (TPSA) is 36.4 Å². The van der Waals surface area contributed by atoms with Crippen LogP contribution in [0.4, 0.5) is 0 Å². The molecular weight excluding hydrogens is 224 g/mol. The number of pyridine rings is 1. The van der Waals surface area contributed by atoms with E-state index in [1.54, 1.807) is 12.4 Å². The summed E-state index contributed by atoms with van der Waals surface area (Å²) in [4.78, 5) is 6.49.